The first-order valence-corrected chi connectivity index (χ1v) is 8.23. The van der Waals surface area contributed by atoms with E-state index in [4.69, 9.17) is 4.74 Å². The van der Waals surface area contributed by atoms with Crippen LogP contribution in [0.3, 0.4) is 0 Å². The average molecular weight is 405 g/mol. The fourth-order valence-electron chi connectivity index (χ4n) is 1.97. The Morgan fingerprint density at radius 1 is 1.48 bits per heavy atom. The summed E-state index contributed by atoms with van der Waals surface area (Å²) in [5.74, 6) is 5.51. The monoisotopic (exact) mass is 404 g/mol. The molecule has 25 heavy (non-hydrogen) atoms. The second-order valence-electron chi connectivity index (χ2n) is 4.90. The minimum Gasteiger partial charge on any atom is -0.476 e. The Labute approximate surface area is 153 Å². The summed E-state index contributed by atoms with van der Waals surface area (Å²) >= 11 is 3.33. The zero-order valence-corrected chi connectivity index (χ0v) is 15.4. The summed E-state index contributed by atoms with van der Waals surface area (Å²) in [6.07, 6.45) is 1.57. The van der Waals surface area contributed by atoms with Crippen molar-refractivity contribution < 1.29 is 9.53 Å². The first kappa shape index (κ1) is 18.5. The Bertz CT molecular complexity index is 870. The van der Waals surface area contributed by atoms with Crippen LogP contribution in [0.1, 0.15) is 6.92 Å². The fourth-order valence-corrected chi connectivity index (χ4v) is 2.30. The smallest absolute Gasteiger partial charge is 0.295 e. The van der Waals surface area contributed by atoms with Crippen molar-refractivity contribution in [3.63, 3.8) is 0 Å². The van der Waals surface area contributed by atoms with Gasteiger partial charge in [-0.05, 0) is 40.9 Å². The molecule has 2 aromatic heterocycles. The molecule has 0 aliphatic heterocycles. The van der Waals surface area contributed by atoms with Crippen molar-refractivity contribution in [2.24, 2.45) is 0 Å². The van der Waals surface area contributed by atoms with Crippen LogP contribution in [0.2, 0.25) is 0 Å². The first-order valence-electron chi connectivity index (χ1n) is 7.43. The van der Waals surface area contributed by atoms with Crippen LogP contribution >= 0.6 is 15.9 Å². The number of nitrogens with zero attached hydrogens (tertiary/aromatic N) is 2. The van der Waals surface area contributed by atoms with Crippen LogP contribution in [0, 0.1) is 11.8 Å². The summed E-state index contributed by atoms with van der Waals surface area (Å²) < 4.78 is 6.28. The van der Waals surface area contributed by atoms with Crippen LogP contribution in [0.15, 0.2) is 39.7 Å². The highest BCUT2D eigenvalue weighted by Gasteiger charge is 2.11. The van der Waals surface area contributed by atoms with Crippen molar-refractivity contribution in [1.29, 1.82) is 0 Å². The Hall–Kier alpha value is -2.79. The second-order valence-corrected chi connectivity index (χ2v) is 5.82. The van der Waals surface area contributed by atoms with E-state index < -0.39 is 0 Å². The van der Waals surface area contributed by atoms with Crippen molar-refractivity contribution >= 4 is 33.3 Å². The van der Waals surface area contributed by atoms with Crippen molar-refractivity contribution in [2.75, 3.05) is 25.1 Å². The number of ether oxygens (including phenoxy) is 1. The lowest BCUT2D eigenvalue weighted by Gasteiger charge is -2.18. The molecular weight excluding hydrogens is 388 g/mol. The summed E-state index contributed by atoms with van der Waals surface area (Å²) in [5.41, 5.74) is 0.225. The molecule has 8 heteroatoms. The van der Waals surface area contributed by atoms with Gasteiger partial charge in [-0.15, -0.1) is 0 Å². The number of pyridine rings is 2. The Balaban J connectivity index is 2.03. The molecule has 7 nitrogen and oxygen atoms in total. The number of halogens is 1. The van der Waals surface area contributed by atoms with Crippen LogP contribution in [-0.2, 0) is 4.79 Å². The second kappa shape index (κ2) is 8.89. The number of carbonyl (C=O) groups excluding carboxylic acids is 1. The molecule has 0 saturated heterocycles. The van der Waals surface area contributed by atoms with Crippen molar-refractivity contribution in [3.05, 3.63) is 45.3 Å². The predicted molar refractivity (Wildman–Crippen MR) is 99.0 cm³/mol. The van der Waals surface area contributed by atoms with E-state index >= 15 is 0 Å². The zero-order chi connectivity index (χ0) is 18.2. The predicted octanol–water partition coefficient (Wildman–Crippen LogP) is 1.82. The third-order valence-corrected chi connectivity index (χ3v) is 3.60. The Morgan fingerprint density at radius 3 is 3.04 bits per heavy atom. The fraction of sp³-hybridized carbons (Fsp3) is 0.235. The summed E-state index contributed by atoms with van der Waals surface area (Å²) in [6, 6.07) is 6.96. The summed E-state index contributed by atoms with van der Waals surface area (Å²) in [4.78, 5) is 31.9. The van der Waals surface area contributed by atoms with E-state index in [1.54, 1.807) is 49.3 Å². The summed E-state index contributed by atoms with van der Waals surface area (Å²) in [6.45, 7) is 2.17. The molecule has 2 heterocycles. The molecule has 0 spiro atoms. The van der Waals surface area contributed by atoms with E-state index in [2.05, 4.69) is 43.1 Å². The number of aromatic amines is 1. The third-order valence-electron chi connectivity index (χ3n) is 3.14. The van der Waals surface area contributed by atoms with Crippen molar-refractivity contribution in [1.82, 2.24) is 15.3 Å². The lowest BCUT2D eigenvalue weighted by Crippen LogP contribution is -2.27. The quantitative estimate of drug-likeness (QED) is 0.566. The number of nitrogens with one attached hydrogen (secondary N) is 2. The number of amides is 1. The van der Waals surface area contributed by atoms with E-state index in [-0.39, 0.29) is 18.1 Å². The van der Waals surface area contributed by atoms with Gasteiger partial charge in [0.05, 0.1) is 6.54 Å². The highest BCUT2D eigenvalue weighted by Crippen LogP contribution is 2.22. The van der Waals surface area contributed by atoms with E-state index in [1.807, 2.05) is 0 Å². The minimum atomic E-state index is -0.346. The van der Waals surface area contributed by atoms with Gasteiger partial charge in [0, 0.05) is 23.8 Å². The van der Waals surface area contributed by atoms with Gasteiger partial charge in [-0.2, -0.15) is 4.98 Å². The van der Waals surface area contributed by atoms with Gasteiger partial charge >= 0.3 is 0 Å². The molecule has 0 saturated carbocycles. The van der Waals surface area contributed by atoms with Gasteiger partial charge in [0.1, 0.15) is 18.1 Å². The Morgan fingerprint density at radius 2 is 2.28 bits per heavy atom. The maximum absolute atomic E-state index is 12.0. The van der Waals surface area contributed by atoms with Crippen LogP contribution < -0.4 is 20.5 Å². The van der Waals surface area contributed by atoms with Gasteiger partial charge in [0.15, 0.2) is 0 Å². The van der Waals surface area contributed by atoms with Crippen LogP contribution in [0.5, 0.6) is 5.88 Å². The van der Waals surface area contributed by atoms with Crippen molar-refractivity contribution in [3.8, 4) is 17.7 Å². The molecule has 130 valence electrons. The number of hydrogen-bond acceptors (Lipinski definition) is 5. The topological polar surface area (TPSA) is 87.3 Å². The third kappa shape index (κ3) is 5.36. The molecule has 0 unspecified atom stereocenters. The number of aromatic nitrogens is 2. The molecule has 0 aromatic carbocycles. The van der Waals surface area contributed by atoms with E-state index in [0.29, 0.717) is 23.9 Å². The minimum absolute atomic E-state index is 0.224. The SMILES string of the molecule is CC#CC(=O)NCCOc1cccc(N(C)c2cc(Br)c[nH]c2=O)n1. The molecule has 0 fully saturated rings. The molecule has 2 aromatic rings. The molecule has 0 aliphatic rings. The van der Waals surface area contributed by atoms with Gasteiger partial charge in [0.25, 0.3) is 11.5 Å². The lowest BCUT2D eigenvalue weighted by atomic mass is 10.3. The summed E-state index contributed by atoms with van der Waals surface area (Å²) in [7, 11) is 1.74. The van der Waals surface area contributed by atoms with Crippen molar-refractivity contribution in [2.45, 2.75) is 6.92 Å². The standard InChI is InChI=1S/C17H17BrN4O3/c1-3-5-15(23)19-8-9-25-16-7-4-6-14(21-16)22(2)13-10-12(18)11-20-17(13)24/h4,6-7,10-11H,8-9H2,1-2H3,(H,19,23)(H,20,24). The average Bonchev–Trinajstić information content (AvgIpc) is 2.61. The molecular formula is C17H17BrN4O3. The molecule has 0 aliphatic carbocycles. The number of H-pyrrole nitrogens is 1. The highest BCUT2D eigenvalue weighted by molar-refractivity contribution is 9.10. The lowest BCUT2D eigenvalue weighted by molar-refractivity contribution is -0.115. The Kier molecular flexibility index (Phi) is 6.60. The van der Waals surface area contributed by atoms with Gasteiger partial charge in [-0.1, -0.05) is 12.0 Å². The molecule has 1 amide bonds. The number of rotatable bonds is 6. The molecule has 2 rings (SSSR count). The molecule has 0 radical (unpaired) electrons. The maximum atomic E-state index is 12.0. The first-order chi connectivity index (χ1) is 12.0. The normalized spacial score (nSPS) is 9.72. The summed E-state index contributed by atoms with van der Waals surface area (Å²) in [5, 5.41) is 2.60. The van der Waals surface area contributed by atoms with Gasteiger partial charge < -0.3 is 19.9 Å². The maximum Gasteiger partial charge on any atom is 0.295 e. The van der Waals surface area contributed by atoms with Gasteiger partial charge in [0.2, 0.25) is 5.88 Å². The molecule has 0 atom stereocenters. The van der Waals surface area contributed by atoms with E-state index in [9.17, 15) is 9.59 Å². The van der Waals surface area contributed by atoms with E-state index in [0.717, 1.165) is 4.47 Å². The number of hydrogen-bond donors (Lipinski definition) is 2. The largest absolute Gasteiger partial charge is 0.476 e. The van der Waals surface area contributed by atoms with E-state index in [1.165, 1.54) is 0 Å². The van der Waals surface area contributed by atoms with Crippen LogP contribution in [0.25, 0.3) is 0 Å². The number of anilines is 2. The molecule has 0 bridgehead atoms. The van der Waals surface area contributed by atoms with Crippen LogP contribution in [0.4, 0.5) is 11.5 Å². The van der Waals surface area contributed by atoms with Gasteiger partial charge in [-0.25, -0.2) is 0 Å². The van der Waals surface area contributed by atoms with Gasteiger partial charge in [-0.3, -0.25) is 9.59 Å². The molecule has 2 N–H and O–H groups in total. The van der Waals surface area contributed by atoms with Crippen LogP contribution in [-0.4, -0.2) is 36.1 Å². The number of carbonyl (C=O) groups is 1. The zero-order valence-electron chi connectivity index (χ0n) is 13.8. The highest BCUT2D eigenvalue weighted by atomic mass is 79.9.